The number of nitrogens with zero attached hydrogens (tertiary/aromatic N) is 2. The predicted octanol–water partition coefficient (Wildman–Crippen LogP) is 5.93. The second-order valence-corrected chi connectivity index (χ2v) is 9.25. The van der Waals surface area contributed by atoms with E-state index < -0.39 is 11.9 Å². The number of benzene rings is 2. The molecule has 2 aromatic carbocycles. The molecule has 0 aliphatic carbocycles. The van der Waals surface area contributed by atoms with Crippen molar-refractivity contribution in [3.63, 3.8) is 0 Å². The Morgan fingerprint density at radius 3 is 2.26 bits per heavy atom. The second-order valence-electron chi connectivity index (χ2n) is 8.23. The number of piperazine rings is 1. The highest BCUT2D eigenvalue weighted by atomic mass is 32.2. The zero-order valence-corrected chi connectivity index (χ0v) is 18.9. The van der Waals surface area contributed by atoms with Crippen LogP contribution in [0.15, 0.2) is 41.3 Å². The molecule has 0 amide bonds. The van der Waals surface area contributed by atoms with Gasteiger partial charge in [-0.15, -0.1) is 11.8 Å². The van der Waals surface area contributed by atoms with Crippen molar-refractivity contribution in [2.24, 2.45) is 0 Å². The van der Waals surface area contributed by atoms with Gasteiger partial charge in [-0.25, -0.2) is 4.39 Å². The van der Waals surface area contributed by atoms with Gasteiger partial charge in [0.05, 0.1) is 11.4 Å². The molecule has 0 aromatic heterocycles. The van der Waals surface area contributed by atoms with Crippen molar-refractivity contribution in [2.45, 2.75) is 44.4 Å². The van der Waals surface area contributed by atoms with E-state index in [1.807, 2.05) is 4.90 Å². The fraction of sp³-hybridized carbons (Fsp3) is 0.478. The number of rotatable bonds is 7. The quantitative estimate of drug-likeness (QED) is 0.412. The lowest BCUT2D eigenvalue weighted by molar-refractivity contribution is -0.105. The molecule has 3 nitrogen and oxygen atoms in total. The Morgan fingerprint density at radius 1 is 1.03 bits per heavy atom. The maximum atomic E-state index is 14.6. The van der Waals surface area contributed by atoms with Crippen LogP contribution in [0.25, 0.3) is 0 Å². The van der Waals surface area contributed by atoms with Crippen LogP contribution < -0.4 is 10.2 Å². The summed E-state index contributed by atoms with van der Waals surface area (Å²) >= 11 is 0.714. The van der Waals surface area contributed by atoms with Crippen molar-refractivity contribution in [3.8, 4) is 0 Å². The van der Waals surface area contributed by atoms with Gasteiger partial charge < -0.3 is 10.2 Å². The third kappa shape index (κ3) is 7.04. The largest absolute Gasteiger partial charge is 0.398 e. The molecule has 1 aliphatic heterocycles. The molecular formula is C23H29F4N3S. The highest BCUT2D eigenvalue weighted by Gasteiger charge is 2.28. The van der Waals surface area contributed by atoms with E-state index in [2.05, 4.69) is 48.3 Å². The minimum absolute atomic E-state index is 0.379. The molecule has 1 heterocycles. The number of halogens is 4. The summed E-state index contributed by atoms with van der Waals surface area (Å²) in [5.41, 5.74) is 3.23. The Morgan fingerprint density at radius 2 is 1.68 bits per heavy atom. The highest BCUT2D eigenvalue weighted by molar-refractivity contribution is 7.99. The number of hydrogen-bond donors (Lipinski definition) is 1. The third-order valence-corrected chi connectivity index (χ3v) is 6.39. The average molecular weight is 456 g/mol. The molecule has 2 aromatic rings. The lowest BCUT2D eigenvalue weighted by Crippen LogP contribution is -2.46. The average Bonchev–Trinajstić information content (AvgIpc) is 2.68. The molecule has 0 bridgehead atoms. The lowest BCUT2D eigenvalue weighted by Gasteiger charge is -2.36. The van der Waals surface area contributed by atoms with Crippen LogP contribution in [0.1, 0.15) is 25.0 Å². The number of hydrogen-bond acceptors (Lipinski definition) is 4. The summed E-state index contributed by atoms with van der Waals surface area (Å²) in [7, 11) is 0. The number of aryl methyl sites for hydroxylation is 1. The maximum Gasteiger partial charge on any atom is 0.398 e. The summed E-state index contributed by atoms with van der Waals surface area (Å²) in [4.78, 5) is 4.72. The van der Waals surface area contributed by atoms with E-state index in [-0.39, 0.29) is 5.82 Å². The fourth-order valence-electron chi connectivity index (χ4n) is 3.64. The summed E-state index contributed by atoms with van der Waals surface area (Å²) in [5, 5.41) is 3.37. The van der Waals surface area contributed by atoms with Crippen LogP contribution in [-0.4, -0.2) is 49.0 Å². The topological polar surface area (TPSA) is 18.5 Å². The normalized spacial score (nSPS) is 15.5. The Bertz CT molecular complexity index is 860. The minimum Gasteiger partial charge on any atom is -0.383 e. The first-order valence-corrected chi connectivity index (χ1v) is 11.4. The standard InChI is InChI=1S/C23H29F4N3S/c1-16(2)28-19-6-4-18(5-7-19)14-29-8-10-30(11-9-29)21-13-22(17(3)12-20(21)24)31-15-23(25,26)27/h4-7,12-13,16,28H,8-11,14-15H2,1-3H3. The number of alkyl halides is 3. The van der Waals surface area contributed by atoms with Crippen molar-refractivity contribution in [2.75, 3.05) is 42.1 Å². The van der Waals surface area contributed by atoms with E-state index in [9.17, 15) is 17.6 Å². The van der Waals surface area contributed by atoms with Crippen molar-refractivity contribution in [1.29, 1.82) is 0 Å². The Balaban J connectivity index is 1.59. The van der Waals surface area contributed by atoms with Crippen LogP contribution in [-0.2, 0) is 6.54 Å². The van der Waals surface area contributed by atoms with Gasteiger partial charge >= 0.3 is 6.18 Å². The van der Waals surface area contributed by atoms with E-state index in [1.165, 1.54) is 11.6 Å². The summed E-state index contributed by atoms with van der Waals surface area (Å²) in [6.07, 6.45) is -4.25. The minimum atomic E-state index is -4.25. The predicted molar refractivity (Wildman–Crippen MR) is 121 cm³/mol. The van der Waals surface area contributed by atoms with Crippen LogP contribution >= 0.6 is 11.8 Å². The third-order valence-electron chi connectivity index (χ3n) is 5.16. The molecule has 0 spiro atoms. The molecule has 0 atom stereocenters. The van der Waals surface area contributed by atoms with Gasteiger partial charge in [0, 0.05) is 49.3 Å². The SMILES string of the molecule is Cc1cc(F)c(N2CCN(Cc3ccc(NC(C)C)cc3)CC2)cc1SCC(F)(F)F. The van der Waals surface area contributed by atoms with E-state index in [1.54, 1.807) is 13.0 Å². The Labute approximate surface area is 185 Å². The van der Waals surface area contributed by atoms with Gasteiger partial charge in [0.2, 0.25) is 0 Å². The molecule has 170 valence electrons. The molecule has 1 saturated heterocycles. The van der Waals surface area contributed by atoms with Gasteiger partial charge in [-0.3, -0.25) is 4.90 Å². The van der Waals surface area contributed by atoms with Gasteiger partial charge in [0.15, 0.2) is 0 Å². The zero-order chi connectivity index (χ0) is 22.6. The second kappa shape index (κ2) is 10.1. The lowest BCUT2D eigenvalue weighted by atomic mass is 10.1. The molecular weight excluding hydrogens is 426 g/mol. The van der Waals surface area contributed by atoms with Crippen molar-refractivity contribution < 1.29 is 17.6 Å². The van der Waals surface area contributed by atoms with E-state index >= 15 is 0 Å². The van der Waals surface area contributed by atoms with Crippen LogP contribution in [0.3, 0.4) is 0 Å². The first-order chi connectivity index (χ1) is 14.6. The molecule has 3 rings (SSSR count). The van der Waals surface area contributed by atoms with Gasteiger partial charge in [0.25, 0.3) is 0 Å². The molecule has 8 heteroatoms. The number of anilines is 2. The van der Waals surface area contributed by atoms with Gasteiger partial charge in [-0.05, 0) is 56.2 Å². The smallest absolute Gasteiger partial charge is 0.383 e. The van der Waals surface area contributed by atoms with E-state index in [0.29, 0.717) is 47.0 Å². The maximum absolute atomic E-state index is 14.6. The number of thioether (sulfide) groups is 1. The summed E-state index contributed by atoms with van der Waals surface area (Å²) in [5.74, 6) is -1.35. The van der Waals surface area contributed by atoms with E-state index in [0.717, 1.165) is 25.3 Å². The summed E-state index contributed by atoms with van der Waals surface area (Å²) in [6.45, 7) is 9.47. The first kappa shape index (κ1) is 23.7. The zero-order valence-electron chi connectivity index (χ0n) is 18.1. The molecule has 0 radical (unpaired) electrons. The molecule has 1 fully saturated rings. The molecule has 1 N–H and O–H groups in total. The Hall–Kier alpha value is -1.93. The van der Waals surface area contributed by atoms with Crippen LogP contribution in [0.5, 0.6) is 0 Å². The van der Waals surface area contributed by atoms with Gasteiger partial charge in [0.1, 0.15) is 5.82 Å². The molecule has 0 unspecified atom stereocenters. The first-order valence-electron chi connectivity index (χ1n) is 10.4. The van der Waals surface area contributed by atoms with Crippen LogP contribution in [0.2, 0.25) is 0 Å². The van der Waals surface area contributed by atoms with Crippen molar-refractivity contribution in [3.05, 3.63) is 53.3 Å². The summed E-state index contributed by atoms with van der Waals surface area (Å²) in [6, 6.07) is 11.7. The van der Waals surface area contributed by atoms with Crippen LogP contribution in [0, 0.1) is 12.7 Å². The fourth-order valence-corrected chi connectivity index (χ4v) is 4.45. The molecule has 31 heavy (non-hydrogen) atoms. The molecule has 0 saturated carbocycles. The van der Waals surface area contributed by atoms with Gasteiger partial charge in [-0.1, -0.05) is 12.1 Å². The number of nitrogens with one attached hydrogen (secondary N) is 1. The Kier molecular flexibility index (Phi) is 7.75. The highest BCUT2D eigenvalue weighted by Crippen LogP contribution is 2.34. The summed E-state index contributed by atoms with van der Waals surface area (Å²) < 4.78 is 52.3. The molecule has 1 aliphatic rings. The van der Waals surface area contributed by atoms with Crippen molar-refractivity contribution >= 4 is 23.1 Å². The van der Waals surface area contributed by atoms with Crippen LogP contribution in [0.4, 0.5) is 28.9 Å². The monoisotopic (exact) mass is 455 g/mol. The van der Waals surface area contributed by atoms with E-state index in [4.69, 9.17) is 0 Å². The van der Waals surface area contributed by atoms with Gasteiger partial charge in [-0.2, -0.15) is 13.2 Å². The van der Waals surface area contributed by atoms with Crippen molar-refractivity contribution in [1.82, 2.24) is 4.90 Å².